The summed E-state index contributed by atoms with van der Waals surface area (Å²) < 4.78 is 24.4. The average Bonchev–Trinajstić information content (AvgIpc) is 2.68. The predicted octanol–water partition coefficient (Wildman–Crippen LogP) is 4.31. The molecule has 1 unspecified atom stereocenters. The molecule has 2 rings (SSSR count). The van der Waals surface area contributed by atoms with E-state index in [-0.39, 0.29) is 24.1 Å². The molecule has 1 amide bonds. The lowest BCUT2D eigenvalue weighted by atomic mass is 10.1. The molecule has 0 saturated carbocycles. The van der Waals surface area contributed by atoms with Crippen molar-refractivity contribution in [1.29, 1.82) is 0 Å². The van der Waals surface area contributed by atoms with Crippen molar-refractivity contribution in [2.75, 3.05) is 13.7 Å². The Morgan fingerprint density at radius 3 is 2.69 bits per heavy atom. The molecular formula is C23H27FN2O3. The van der Waals surface area contributed by atoms with Gasteiger partial charge in [-0.25, -0.2) is 4.39 Å². The summed E-state index contributed by atoms with van der Waals surface area (Å²) >= 11 is 0. The molecule has 0 saturated heterocycles. The van der Waals surface area contributed by atoms with Gasteiger partial charge < -0.3 is 20.5 Å². The third-order valence-corrected chi connectivity index (χ3v) is 4.11. The van der Waals surface area contributed by atoms with Crippen LogP contribution in [0.2, 0.25) is 0 Å². The number of rotatable bonds is 9. The number of para-hydroxylation sites is 1. The van der Waals surface area contributed by atoms with Crippen LogP contribution in [-0.2, 0) is 16.1 Å². The monoisotopic (exact) mass is 398 g/mol. The van der Waals surface area contributed by atoms with E-state index in [1.165, 1.54) is 6.07 Å². The van der Waals surface area contributed by atoms with Gasteiger partial charge in [0.15, 0.2) is 11.6 Å². The number of nitrogens with one attached hydrogen (secondary N) is 1. The number of halogens is 1. The van der Waals surface area contributed by atoms with Gasteiger partial charge in [0.05, 0.1) is 12.2 Å². The van der Waals surface area contributed by atoms with Crippen LogP contribution < -0.4 is 15.8 Å². The first kappa shape index (κ1) is 22.2. The second kappa shape index (κ2) is 11.0. The Bertz CT molecular complexity index is 889. The van der Waals surface area contributed by atoms with Crippen LogP contribution in [0.5, 0.6) is 11.5 Å². The quantitative estimate of drug-likeness (QED) is 0.488. The van der Waals surface area contributed by atoms with E-state index in [1.807, 2.05) is 19.1 Å². The molecule has 0 spiro atoms. The number of methoxy groups -OCH3 is 1. The number of carbonyl (C=O) groups excluding carboxylic acids is 1. The Labute approximate surface area is 171 Å². The first-order valence-corrected chi connectivity index (χ1v) is 9.33. The van der Waals surface area contributed by atoms with Gasteiger partial charge in [-0.3, -0.25) is 4.79 Å². The van der Waals surface area contributed by atoms with E-state index in [1.54, 1.807) is 56.5 Å². The standard InChI is InChI=1S/C23H27FN2O3/c1-16(15-28-3)11-12-20(17(2)25)23(27)26-14-18-7-6-8-19(13-18)29-22-10-5-4-9-21(22)24/h4-13,16H,14-15,25H2,1-3H3,(H,26,27)/b12-11-,20-17-. The van der Waals surface area contributed by atoms with Gasteiger partial charge in [-0.05, 0) is 42.7 Å². The van der Waals surface area contributed by atoms with Crippen molar-refractivity contribution in [3.8, 4) is 11.5 Å². The molecule has 0 radical (unpaired) electrons. The van der Waals surface area contributed by atoms with Crippen molar-refractivity contribution in [3.63, 3.8) is 0 Å². The molecule has 2 aromatic rings. The zero-order valence-corrected chi connectivity index (χ0v) is 16.9. The molecule has 3 N–H and O–H groups in total. The molecular weight excluding hydrogens is 371 g/mol. The molecule has 0 aromatic heterocycles. The molecule has 154 valence electrons. The largest absolute Gasteiger partial charge is 0.454 e. The maximum absolute atomic E-state index is 13.8. The van der Waals surface area contributed by atoms with Gasteiger partial charge in [0, 0.05) is 19.4 Å². The van der Waals surface area contributed by atoms with Crippen molar-refractivity contribution >= 4 is 5.91 Å². The lowest BCUT2D eigenvalue weighted by molar-refractivity contribution is -0.117. The minimum absolute atomic E-state index is 0.146. The van der Waals surface area contributed by atoms with Crippen LogP contribution in [0, 0.1) is 11.7 Å². The van der Waals surface area contributed by atoms with Gasteiger partial charge >= 0.3 is 0 Å². The number of nitrogens with two attached hydrogens (primary N) is 1. The van der Waals surface area contributed by atoms with E-state index in [9.17, 15) is 9.18 Å². The van der Waals surface area contributed by atoms with E-state index < -0.39 is 5.82 Å². The van der Waals surface area contributed by atoms with Crippen molar-refractivity contribution in [3.05, 3.63) is 83.3 Å². The normalized spacial score (nSPS) is 13.1. The minimum Gasteiger partial charge on any atom is -0.454 e. The van der Waals surface area contributed by atoms with E-state index in [4.69, 9.17) is 15.2 Å². The van der Waals surface area contributed by atoms with E-state index in [0.29, 0.717) is 23.6 Å². The van der Waals surface area contributed by atoms with Gasteiger partial charge in [0.2, 0.25) is 0 Å². The van der Waals surface area contributed by atoms with Gasteiger partial charge in [-0.2, -0.15) is 0 Å². The maximum Gasteiger partial charge on any atom is 0.253 e. The van der Waals surface area contributed by atoms with Crippen LogP contribution in [0.1, 0.15) is 19.4 Å². The van der Waals surface area contributed by atoms with Crippen molar-refractivity contribution in [2.45, 2.75) is 20.4 Å². The fourth-order valence-electron chi connectivity index (χ4n) is 2.62. The summed E-state index contributed by atoms with van der Waals surface area (Å²) in [5.41, 5.74) is 7.53. The number of ether oxygens (including phenoxy) is 2. The summed E-state index contributed by atoms with van der Waals surface area (Å²) in [5, 5.41) is 2.85. The molecule has 0 fully saturated rings. The van der Waals surface area contributed by atoms with Crippen LogP contribution in [-0.4, -0.2) is 19.6 Å². The SMILES string of the molecule is COCC(C)/C=C\C(C(=O)NCc1cccc(Oc2ccccc2F)c1)=C(/C)N. The Morgan fingerprint density at radius 2 is 2.00 bits per heavy atom. The summed E-state index contributed by atoms with van der Waals surface area (Å²) in [4.78, 5) is 12.5. The van der Waals surface area contributed by atoms with Crippen LogP contribution in [0.4, 0.5) is 4.39 Å². The van der Waals surface area contributed by atoms with E-state index >= 15 is 0 Å². The van der Waals surface area contributed by atoms with Crippen LogP contribution in [0.15, 0.2) is 72.0 Å². The highest BCUT2D eigenvalue weighted by atomic mass is 19.1. The lowest BCUT2D eigenvalue weighted by Gasteiger charge is -2.11. The summed E-state index contributed by atoms with van der Waals surface area (Å²) in [6, 6.07) is 13.3. The van der Waals surface area contributed by atoms with Crippen molar-refractivity contribution in [1.82, 2.24) is 5.32 Å². The Balaban J connectivity index is 2.02. The fourth-order valence-corrected chi connectivity index (χ4v) is 2.62. The first-order valence-electron chi connectivity index (χ1n) is 9.33. The molecule has 0 aliphatic heterocycles. The molecule has 2 aromatic carbocycles. The number of allylic oxidation sites excluding steroid dienone is 1. The van der Waals surface area contributed by atoms with Crippen LogP contribution in [0.25, 0.3) is 0 Å². The van der Waals surface area contributed by atoms with Gasteiger partial charge in [0.1, 0.15) is 5.75 Å². The minimum atomic E-state index is -0.436. The highest BCUT2D eigenvalue weighted by molar-refractivity contribution is 5.96. The molecule has 0 aliphatic rings. The molecule has 0 heterocycles. The summed E-state index contributed by atoms with van der Waals surface area (Å²) in [6.07, 6.45) is 3.60. The fraction of sp³-hybridized carbons (Fsp3) is 0.261. The zero-order valence-electron chi connectivity index (χ0n) is 16.9. The lowest BCUT2D eigenvalue weighted by Crippen LogP contribution is -2.25. The second-order valence-electron chi connectivity index (χ2n) is 6.75. The smallest absolute Gasteiger partial charge is 0.253 e. The van der Waals surface area contributed by atoms with E-state index in [0.717, 1.165) is 5.56 Å². The molecule has 1 atom stereocenters. The number of carbonyl (C=O) groups is 1. The summed E-state index contributed by atoms with van der Waals surface area (Å²) in [5.74, 6) is 0.0865. The third-order valence-electron chi connectivity index (χ3n) is 4.11. The number of amides is 1. The second-order valence-corrected chi connectivity index (χ2v) is 6.75. The summed E-state index contributed by atoms with van der Waals surface area (Å²) in [7, 11) is 1.63. The van der Waals surface area contributed by atoms with Gasteiger partial charge in [0.25, 0.3) is 5.91 Å². The number of hydrogen-bond acceptors (Lipinski definition) is 4. The average molecular weight is 398 g/mol. The molecule has 0 bridgehead atoms. The van der Waals surface area contributed by atoms with Gasteiger partial charge in [-0.15, -0.1) is 0 Å². The Kier molecular flexibility index (Phi) is 8.43. The van der Waals surface area contributed by atoms with E-state index in [2.05, 4.69) is 5.32 Å². The molecule has 29 heavy (non-hydrogen) atoms. The predicted molar refractivity (Wildman–Crippen MR) is 112 cm³/mol. The number of benzene rings is 2. The van der Waals surface area contributed by atoms with Crippen LogP contribution in [0.3, 0.4) is 0 Å². The summed E-state index contributed by atoms with van der Waals surface area (Å²) in [6.45, 7) is 4.51. The Morgan fingerprint density at radius 1 is 1.24 bits per heavy atom. The van der Waals surface area contributed by atoms with Crippen LogP contribution >= 0.6 is 0 Å². The number of hydrogen-bond donors (Lipinski definition) is 2. The third kappa shape index (κ3) is 7.08. The topological polar surface area (TPSA) is 73.6 Å². The molecule has 0 aliphatic carbocycles. The first-order chi connectivity index (χ1) is 13.9. The maximum atomic E-state index is 13.8. The molecule has 5 nitrogen and oxygen atoms in total. The van der Waals surface area contributed by atoms with Gasteiger partial charge in [-0.1, -0.05) is 43.3 Å². The van der Waals surface area contributed by atoms with Crippen molar-refractivity contribution in [2.24, 2.45) is 11.7 Å². The molecule has 6 heteroatoms. The van der Waals surface area contributed by atoms with Crippen molar-refractivity contribution < 1.29 is 18.7 Å². The highest BCUT2D eigenvalue weighted by Crippen LogP contribution is 2.24. The zero-order chi connectivity index (χ0) is 21.2. The Hall–Kier alpha value is -3.12. The highest BCUT2D eigenvalue weighted by Gasteiger charge is 2.10.